The number of rotatable bonds is 6. The summed E-state index contributed by atoms with van der Waals surface area (Å²) >= 11 is 2.69. The summed E-state index contributed by atoms with van der Waals surface area (Å²) in [6.07, 6.45) is 2.74. The van der Waals surface area contributed by atoms with Crippen LogP contribution in [0, 0.1) is 6.92 Å². The van der Waals surface area contributed by atoms with Crippen molar-refractivity contribution in [3.8, 4) is 5.19 Å². The standard InChI is InChI=1S/C16H17N7O2S2/c1-10-9-26-14(18-10)7-13(24)19-15-21-22-16(27-15)25-11-4-6-23(8-11)12-3-2-5-17-20-12/h2-3,5,9,11H,4,6-8H2,1H3,(H,19,21,24)/t11-/m1/s1. The van der Waals surface area contributed by atoms with Gasteiger partial charge in [-0.25, -0.2) is 4.98 Å². The predicted octanol–water partition coefficient (Wildman–Crippen LogP) is 1.93. The maximum atomic E-state index is 12.1. The van der Waals surface area contributed by atoms with E-state index in [-0.39, 0.29) is 18.4 Å². The summed E-state index contributed by atoms with van der Waals surface area (Å²) in [5.74, 6) is 0.674. The summed E-state index contributed by atoms with van der Waals surface area (Å²) in [6.45, 7) is 3.46. The van der Waals surface area contributed by atoms with E-state index in [9.17, 15) is 4.79 Å². The number of amides is 1. The molecular weight excluding hydrogens is 386 g/mol. The van der Waals surface area contributed by atoms with Gasteiger partial charge in [-0.2, -0.15) is 5.10 Å². The molecule has 0 bridgehead atoms. The molecule has 0 aliphatic carbocycles. The van der Waals surface area contributed by atoms with Gasteiger partial charge in [0.15, 0.2) is 5.82 Å². The number of carbonyl (C=O) groups is 1. The molecule has 3 aromatic rings. The zero-order valence-corrected chi connectivity index (χ0v) is 16.2. The SMILES string of the molecule is Cc1csc(CC(=O)Nc2nnc(O[C@@H]3CCN(c4cccnn4)C3)s2)n1. The second kappa shape index (κ2) is 7.92. The first-order chi connectivity index (χ1) is 13.2. The van der Waals surface area contributed by atoms with Gasteiger partial charge in [0.2, 0.25) is 11.0 Å². The molecular formula is C16H17N7O2S2. The van der Waals surface area contributed by atoms with Crippen molar-refractivity contribution in [2.75, 3.05) is 23.3 Å². The lowest BCUT2D eigenvalue weighted by Gasteiger charge is -2.16. The van der Waals surface area contributed by atoms with Crippen LogP contribution in [-0.2, 0) is 11.2 Å². The van der Waals surface area contributed by atoms with Crippen LogP contribution in [0.2, 0.25) is 0 Å². The molecule has 0 unspecified atom stereocenters. The Kier molecular flexibility index (Phi) is 5.21. The van der Waals surface area contributed by atoms with Crippen molar-refractivity contribution in [2.24, 2.45) is 0 Å². The van der Waals surface area contributed by atoms with Crippen molar-refractivity contribution < 1.29 is 9.53 Å². The molecule has 1 amide bonds. The van der Waals surface area contributed by atoms with Crippen molar-refractivity contribution in [1.82, 2.24) is 25.4 Å². The molecule has 1 aliphatic heterocycles. The van der Waals surface area contributed by atoms with Crippen molar-refractivity contribution in [3.63, 3.8) is 0 Å². The largest absolute Gasteiger partial charge is 0.464 e. The van der Waals surface area contributed by atoms with Gasteiger partial charge in [0.05, 0.1) is 13.0 Å². The van der Waals surface area contributed by atoms with Gasteiger partial charge in [-0.05, 0) is 30.4 Å². The second-order valence-corrected chi connectivity index (χ2v) is 7.92. The Labute approximate surface area is 163 Å². The number of hydrogen-bond donors (Lipinski definition) is 1. The maximum absolute atomic E-state index is 12.1. The summed E-state index contributed by atoms with van der Waals surface area (Å²) in [5.41, 5.74) is 0.918. The molecule has 1 N–H and O–H groups in total. The van der Waals surface area contributed by atoms with E-state index in [1.807, 2.05) is 24.4 Å². The molecule has 1 aliphatic rings. The van der Waals surface area contributed by atoms with Crippen LogP contribution in [0.15, 0.2) is 23.7 Å². The second-order valence-electron chi connectivity index (χ2n) is 6.04. The molecule has 0 saturated carbocycles. The summed E-state index contributed by atoms with van der Waals surface area (Å²) < 4.78 is 5.90. The highest BCUT2D eigenvalue weighted by Gasteiger charge is 2.26. The highest BCUT2D eigenvalue weighted by molar-refractivity contribution is 7.17. The molecule has 27 heavy (non-hydrogen) atoms. The number of thiazole rings is 1. The van der Waals surface area contributed by atoms with E-state index < -0.39 is 0 Å². The van der Waals surface area contributed by atoms with Crippen molar-refractivity contribution >= 4 is 39.5 Å². The number of anilines is 2. The molecule has 1 fully saturated rings. The van der Waals surface area contributed by atoms with Gasteiger partial charge in [-0.3, -0.25) is 4.79 Å². The van der Waals surface area contributed by atoms with E-state index in [2.05, 4.69) is 35.6 Å². The first kappa shape index (κ1) is 17.7. The highest BCUT2D eigenvalue weighted by atomic mass is 32.1. The van der Waals surface area contributed by atoms with Crippen LogP contribution < -0.4 is 15.0 Å². The number of aryl methyl sites for hydroxylation is 1. The molecule has 1 saturated heterocycles. The fourth-order valence-electron chi connectivity index (χ4n) is 2.73. The van der Waals surface area contributed by atoms with Crippen LogP contribution >= 0.6 is 22.7 Å². The summed E-state index contributed by atoms with van der Waals surface area (Å²) in [5, 5.41) is 22.3. The van der Waals surface area contributed by atoms with Gasteiger partial charge >= 0.3 is 0 Å². The number of carbonyl (C=O) groups excluding carboxylic acids is 1. The number of ether oxygens (including phenoxy) is 1. The van der Waals surface area contributed by atoms with Crippen LogP contribution in [0.1, 0.15) is 17.1 Å². The molecule has 3 aromatic heterocycles. The molecule has 9 nitrogen and oxygen atoms in total. The van der Waals surface area contributed by atoms with Gasteiger partial charge in [-0.15, -0.1) is 21.5 Å². The Hall–Kier alpha value is -2.66. The van der Waals surface area contributed by atoms with Gasteiger partial charge in [0, 0.05) is 30.2 Å². The quantitative estimate of drug-likeness (QED) is 0.665. The molecule has 0 spiro atoms. The molecule has 0 aromatic carbocycles. The normalized spacial score (nSPS) is 16.5. The maximum Gasteiger partial charge on any atom is 0.296 e. The minimum Gasteiger partial charge on any atom is -0.464 e. The number of hydrogen-bond acceptors (Lipinski definition) is 10. The monoisotopic (exact) mass is 403 g/mol. The van der Waals surface area contributed by atoms with Crippen molar-refractivity contribution in [2.45, 2.75) is 25.9 Å². The number of aromatic nitrogens is 5. The summed E-state index contributed by atoms with van der Waals surface area (Å²) in [6, 6.07) is 3.79. The predicted molar refractivity (Wildman–Crippen MR) is 102 cm³/mol. The Bertz CT molecular complexity index is 914. The summed E-state index contributed by atoms with van der Waals surface area (Å²) in [7, 11) is 0. The molecule has 4 heterocycles. The van der Waals surface area contributed by atoms with E-state index in [0.29, 0.717) is 16.9 Å². The Morgan fingerprint density at radius 3 is 3.11 bits per heavy atom. The average Bonchev–Trinajstić information content (AvgIpc) is 3.39. The lowest BCUT2D eigenvalue weighted by Crippen LogP contribution is -2.25. The highest BCUT2D eigenvalue weighted by Crippen LogP contribution is 2.26. The van der Waals surface area contributed by atoms with Crippen LogP contribution in [0.3, 0.4) is 0 Å². The third-order valence-electron chi connectivity index (χ3n) is 3.93. The Balaban J connectivity index is 1.29. The molecule has 1 atom stereocenters. The van der Waals surface area contributed by atoms with Gasteiger partial charge < -0.3 is 15.0 Å². The van der Waals surface area contributed by atoms with E-state index in [4.69, 9.17) is 4.74 Å². The Morgan fingerprint density at radius 1 is 1.41 bits per heavy atom. The lowest BCUT2D eigenvalue weighted by atomic mass is 10.3. The third kappa shape index (κ3) is 4.55. The fourth-order valence-corrected chi connectivity index (χ4v) is 4.18. The van der Waals surface area contributed by atoms with Gasteiger partial charge in [0.1, 0.15) is 11.1 Å². The van der Waals surface area contributed by atoms with Crippen LogP contribution in [0.5, 0.6) is 5.19 Å². The van der Waals surface area contributed by atoms with Crippen LogP contribution in [0.25, 0.3) is 0 Å². The van der Waals surface area contributed by atoms with Gasteiger partial charge in [0.25, 0.3) is 5.19 Å². The topological polar surface area (TPSA) is 106 Å². The van der Waals surface area contributed by atoms with E-state index in [1.165, 1.54) is 22.7 Å². The molecule has 140 valence electrons. The van der Waals surface area contributed by atoms with E-state index in [1.54, 1.807) is 6.20 Å². The van der Waals surface area contributed by atoms with Crippen LogP contribution in [0.4, 0.5) is 10.9 Å². The molecule has 0 radical (unpaired) electrons. The number of nitrogens with zero attached hydrogens (tertiary/aromatic N) is 6. The first-order valence-electron chi connectivity index (χ1n) is 8.39. The van der Waals surface area contributed by atoms with Gasteiger partial charge in [-0.1, -0.05) is 5.10 Å². The van der Waals surface area contributed by atoms with Crippen molar-refractivity contribution in [1.29, 1.82) is 0 Å². The van der Waals surface area contributed by atoms with E-state index in [0.717, 1.165) is 29.5 Å². The number of nitrogens with one attached hydrogen (secondary N) is 1. The van der Waals surface area contributed by atoms with Crippen LogP contribution in [-0.4, -0.2) is 50.5 Å². The molecule has 11 heteroatoms. The van der Waals surface area contributed by atoms with Crippen molar-refractivity contribution in [3.05, 3.63) is 34.4 Å². The minimum absolute atomic E-state index is 0.00167. The third-order valence-corrected chi connectivity index (χ3v) is 5.62. The minimum atomic E-state index is -0.165. The summed E-state index contributed by atoms with van der Waals surface area (Å²) in [4.78, 5) is 18.5. The molecule has 4 rings (SSSR count). The fraction of sp³-hybridized carbons (Fsp3) is 0.375. The zero-order valence-electron chi connectivity index (χ0n) is 14.5. The smallest absolute Gasteiger partial charge is 0.296 e. The zero-order chi connectivity index (χ0) is 18.6. The lowest BCUT2D eigenvalue weighted by molar-refractivity contribution is -0.115. The first-order valence-corrected chi connectivity index (χ1v) is 10.1. The van der Waals surface area contributed by atoms with E-state index >= 15 is 0 Å². The Morgan fingerprint density at radius 2 is 2.33 bits per heavy atom. The average molecular weight is 403 g/mol.